The molecule has 1 aliphatic heterocycles. The van der Waals surface area contributed by atoms with E-state index in [0.717, 1.165) is 73.6 Å². The molecule has 0 radical (unpaired) electrons. The zero-order chi connectivity index (χ0) is 33.0. The summed E-state index contributed by atoms with van der Waals surface area (Å²) in [7, 11) is 0. The summed E-state index contributed by atoms with van der Waals surface area (Å²) in [6.07, 6.45) is 11.7. The Kier molecular flexibility index (Phi) is 6.42. The first kappa shape index (κ1) is 28.2. The highest BCUT2D eigenvalue weighted by Crippen LogP contribution is 2.35. The van der Waals surface area contributed by atoms with Gasteiger partial charge in [0.1, 0.15) is 5.82 Å². The number of fused-ring (bicyclic) bond motifs is 6. The average Bonchev–Trinajstić information content (AvgIpc) is 3.71. The van der Waals surface area contributed by atoms with Crippen molar-refractivity contribution in [1.82, 2.24) is 34.4 Å². The minimum atomic E-state index is 0.810. The second kappa shape index (κ2) is 11.4. The Morgan fingerprint density at radius 3 is 2.12 bits per heavy atom. The number of benzene rings is 3. The molecule has 0 aliphatic carbocycles. The fourth-order valence-corrected chi connectivity index (χ4v) is 7.29. The van der Waals surface area contributed by atoms with Crippen LogP contribution in [0, 0.1) is 0 Å². The largest absolute Gasteiger partial charge is 0.387 e. The summed E-state index contributed by atoms with van der Waals surface area (Å²) in [5.74, 6) is 0.841. The molecule has 50 heavy (non-hydrogen) atoms. The topological polar surface area (TPSA) is 73.5 Å². The van der Waals surface area contributed by atoms with Gasteiger partial charge in [0.15, 0.2) is 0 Å². The van der Waals surface area contributed by atoms with Gasteiger partial charge in [0.25, 0.3) is 0 Å². The van der Waals surface area contributed by atoms with Gasteiger partial charge < -0.3 is 9.88 Å². The summed E-state index contributed by atoms with van der Waals surface area (Å²) in [5.41, 5.74) is 12.6. The van der Waals surface area contributed by atoms with Crippen molar-refractivity contribution < 1.29 is 0 Å². The van der Waals surface area contributed by atoms with Crippen LogP contribution in [0.4, 0.5) is 0 Å². The van der Waals surface area contributed by atoms with Crippen LogP contribution < -0.4 is 5.32 Å². The van der Waals surface area contributed by atoms with Crippen LogP contribution in [0.2, 0.25) is 0 Å². The SMILES string of the molecule is C1=Cc2c(c3ccccc3n2-c2ccc(-c3cc(-c4ccc(-n5c6ccccc6c6cnccc65)nc4)nc(-c4ccccn4)c3)cc2)CN1. The molecule has 0 saturated heterocycles. The van der Waals surface area contributed by atoms with Gasteiger partial charge in [0, 0.05) is 64.3 Å². The second-order valence-electron chi connectivity index (χ2n) is 12.5. The van der Waals surface area contributed by atoms with Gasteiger partial charge in [-0.1, -0.05) is 54.6 Å². The molecule has 0 atom stereocenters. The number of rotatable bonds is 5. The number of hydrogen-bond acceptors (Lipinski definition) is 5. The standard InChI is InChI=1S/C43H29N7/c1-3-10-39-32(7-1)34-26-44-21-18-41(34)49(39)31-15-12-28(13-16-31)30-23-37(48-38(24-30)36-9-5-6-20-46-36)29-14-17-43(47-25-29)50-40-11-4-2-8-33(40)35-27-45-22-19-42(35)50/h1-25,27,44H,26H2. The Morgan fingerprint density at radius 2 is 1.30 bits per heavy atom. The molecular formula is C43H29N7. The summed E-state index contributed by atoms with van der Waals surface area (Å²) in [4.78, 5) is 19.1. The third-order valence-electron chi connectivity index (χ3n) is 9.62. The van der Waals surface area contributed by atoms with Crippen LogP contribution >= 0.6 is 0 Å². The normalized spacial score (nSPS) is 12.4. The van der Waals surface area contributed by atoms with Crippen molar-refractivity contribution in [3.05, 3.63) is 164 Å². The van der Waals surface area contributed by atoms with Gasteiger partial charge in [-0.3, -0.25) is 14.5 Å². The zero-order valence-electron chi connectivity index (χ0n) is 26.9. The number of hydrogen-bond donors (Lipinski definition) is 1. The van der Waals surface area contributed by atoms with Crippen LogP contribution in [0.5, 0.6) is 0 Å². The lowest BCUT2D eigenvalue weighted by Gasteiger charge is -2.14. The molecule has 0 spiro atoms. The Balaban J connectivity index is 1.07. The number of nitrogens with one attached hydrogen (secondary N) is 1. The summed E-state index contributed by atoms with van der Waals surface area (Å²) in [6, 6.07) is 42.2. The molecule has 3 aromatic carbocycles. The van der Waals surface area contributed by atoms with Crippen molar-refractivity contribution in [2.75, 3.05) is 0 Å². The van der Waals surface area contributed by atoms with Crippen LogP contribution in [0.15, 0.2) is 152 Å². The highest BCUT2D eigenvalue weighted by atomic mass is 15.1. The summed E-state index contributed by atoms with van der Waals surface area (Å²) >= 11 is 0. The Hall–Kier alpha value is -6.86. The van der Waals surface area contributed by atoms with Crippen molar-refractivity contribution in [3.63, 3.8) is 0 Å². The fourth-order valence-electron chi connectivity index (χ4n) is 7.29. The Morgan fingerprint density at radius 1 is 0.540 bits per heavy atom. The fraction of sp³-hybridized carbons (Fsp3) is 0.0233. The van der Waals surface area contributed by atoms with Gasteiger partial charge >= 0.3 is 0 Å². The highest BCUT2D eigenvalue weighted by Gasteiger charge is 2.19. The Bertz CT molecular complexity index is 2690. The molecule has 7 nitrogen and oxygen atoms in total. The highest BCUT2D eigenvalue weighted by molar-refractivity contribution is 6.08. The van der Waals surface area contributed by atoms with E-state index < -0.39 is 0 Å². The summed E-state index contributed by atoms with van der Waals surface area (Å²) in [5, 5.41) is 6.91. The first-order valence-corrected chi connectivity index (χ1v) is 16.7. The van der Waals surface area contributed by atoms with Crippen LogP contribution in [-0.2, 0) is 6.54 Å². The molecule has 9 aromatic rings. The van der Waals surface area contributed by atoms with Crippen LogP contribution in [0.25, 0.3) is 84.1 Å². The Labute approximate surface area is 287 Å². The maximum absolute atomic E-state index is 5.10. The van der Waals surface area contributed by atoms with E-state index in [-0.39, 0.29) is 0 Å². The molecule has 0 unspecified atom stereocenters. The van der Waals surface area contributed by atoms with E-state index in [1.54, 1.807) is 0 Å². The molecule has 0 amide bonds. The van der Waals surface area contributed by atoms with E-state index in [9.17, 15) is 0 Å². The van der Waals surface area contributed by atoms with E-state index in [0.29, 0.717) is 0 Å². The van der Waals surface area contributed by atoms with Gasteiger partial charge in [-0.05, 0) is 90.1 Å². The van der Waals surface area contributed by atoms with Crippen molar-refractivity contribution in [1.29, 1.82) is 0 Å². The lowest BCUT2D eigenvalue weighted by Crippen LogP contribution is -2.10. The quantitative estimate of drug-likeness (QED) is 0.202. The average molecular weight is 644 g/mol. The first-order chi connectivity index (χ1) is 24.8. The van der Waals surface area contributed by atoms with Gasteiger partial charge in [-0.2, -0.15) is 0 Å². The van der Waals surface area contributed by atoms with Gasteiger partial charge in [-0.15, -0.1) is 0 Å². The predicted molar refractivity (Wildman–Crippen MR) is 201 cm³/mol. The molecule has 0 bridgehead atoms. The number of pyridine rings is 4. The molecule has 7 heterocycles. The first-order valence-electron chi connectivity index (χ1n) is 16.7. The smallest absolute Gasteiger partial charge is 0.137 e. The summed E-state index contributed by atoms with van der Waals surface area (Å²) < 4.78 is 4.54. The molecule has 236 valence electrons. The minimum Gasteiger partial charge on any atom is -0.387 e. The van der Waals surface area contributed by atoms with Crippen molar-refractivity contribution in [3.8, 4) is 45.3 Å². The maximum Gasteiger partial charge on any atom is 0.137 e. The molecule has 6 aromatic heterocycles. The lowest BCUT2D eigenvalue weighted by molar-refractivity contribution is 0.855. The molecular weight excluding hydrogens is 615 g/mol. The van der Waals surface area contributed by atoms with Crippen molar-refractivity contribution >= 4 is 38.8 Å². The van der Waals surface area contributed by atoms with Gasteiger partial charge in [0.05, 0.1) is 39.3 Å². The third-order valence-corrected chi connectivity index (χ3v) is 9.62. The van der Waals surface area contributed by atoms with E-state index in [1.165, 1.54) is 22.2 Å². The van der Waals surface area contributed by atoms with E-state index in [4.69, 9.17) is 9.97 Å². The molecule has 0 fully saturated rings. The van der Waals surface area contributed by atoms with Crippen LogP contribution in [-0.4, -0.2) is 29.1 Å². The third kappa shape index (κ3) is 4.52. The number of aromatic nitrogens is 6. The van der Waals surface area contributed by atoms with E-state index in [1.807, 2.05) is 55.3 Å². The maximum atomic E-state index is 5.10. The molecule has 1 aliphatic rings. The molecule has 7 heteroatoms. The molecule has 1 N–H and O–H groups in total. The monoisotopic (exact) mass is 643 g/mol. The van der Waals surface area contributed by atoms with Crippen LogP contribution in [0.1, 0.15) is 11.3 Å². The van der Waals surface area contributed by atoms with Crippen molar-refractivity contribution in [2.24, 2.45) is 0 Å². The van der Waals surface area contributed by atoms with Crippen LogP contribution in [0.3, 0.4) is 0 Å². The molecule has 10 rings (SSSR count). The number of para-hydroxylation sites is 2. The van der Waals surface area contributed by atoms with E-state index in [2.05, 4.69) is 128 Å². The molecule has 0 saturated carbocycles. The van der Waals surface area contributed by atoms with Gasteiger partial charge in [0.2, 0.25) is 0 Å². The lowest BCUT2D eigenvalue weighted by atomic mass is 10.0. The summed E-state index contributed by atoms with van der Waals surface area (Å²) in [6.45, 7) is 0.819. The van der Waals surface area contributed by atoms with Crippen molar-refractivity contribution in [2.45, 2.75) is 6.54 Å². The minimum absolute atomic E-state index is 0.810. The van der Waals surface area contributed by atoms with Gasteiger partial charge in [-0.25, -0.2) is 9.97 Å². The van der Waals surface area contributed by atoms with E-state index >= 15 is 0 Å². The number of nitrogens with zero attached hydrogens (tertiary/aromatic N) is 6. The second-order valence-corrected chi connectivity index (χ2v) is 12.5. The predicted octanol–water partition coefficient (Wildman–Crippen LogP) is 9.38. The zero-order valence-corrected chi connectivity index (χ0v) is 26.9.